The Morgan fingerprint density at radius 3 is 2.55 bits per heavy atom. The van der Waals surface area contributed by atoms with E-state index in [0.717, 1.165) is 12.3 Å². The lowest BCUT2D eigenvalue weighted by atomic mass is 10.3. The van der Waals surface area contributed by atoms with Crippen LogP contribution in [0, 0.1) is 0 Å². The number of benzene rings is 1. The minimum Gasteiger partial charge on any atom is -0.409 e. The summed E-state index contributed by atoms with van der Waals surface area (Å²) in [5.41, 5.74) is 2.74. The topological polar surface area (TPSA) is 21.3 Å². The largest absolute Gasteiger partial charge is 0.409 e. The molecule has 0 saturated carbocycles. The first-order chi connectivity index (χ1) is 5.33. The van der Waals surface area contributed by atoms with Crippen molar-refractivity contribution in [3.8, 4) is 5.75 Å². The van der Waals surface area contributed by atoms with Crippen molar-refractivity contribution in [1.29, 1.82) is 0 Å². The third-order valence-electron chi connectivity index (χ3n) is 1.15. The van der Waals surface area contributed by atoms with Gasteiger partial charge in [0.15, 0.2) is 0 Å². The Morgan fingerprint density at radius 1 is 1.36 bits per heavy atom. The van der Waals surface area contributed by atoms with Crippen molar-refractivity contribution in [3.05, 3.63) is 29.3 Å². The summed E-state index contributed by atoms with van der Waals surface area (Å²) in [5, 5.41) is 0.717. The zero-order valence-corrected chi connectivity index (χ0v) is 7.06. The predicted molar refractivity (Wildman–Crippen MR) is 45.8 cm³/mol. The van der Waals surface area contributed by atoms with Crippen molar-refractivity contribution >= 4 is 11.6 Å². The monoisotopic (exact) mass is 171 g/mol. The summed E-state index contributed by atoms with van der Waals surface area (Å²) in [6, 6.07) is 7.19. The predicted octanol–water partition coefficient (Wildman–Crippen LogP) is 2.24. The summed E-state index contributed by atoms with van der Waals surface area (Å²) in [6.45, 7) is 2.75. The van der Waals surface area contributed by atoms with Crippen molar-refractivity contribution in [2.75, 3.05) is 6.54 Å². The van der Waals surface area contributed by atoms with Crippen molar-refractivity contribution in [2.45, 2.75) is 6.92 Å². The minimum atomic E-state index is 0.717. The summed E-state index contributed by atoms with van der Waals surface area (Å²) in [5.74, 6) is 0.774. The van der Waals surface area contributed by atoms with Gasteiger partial charge in [0.25, 0.3) is 0 Å². The molecule has 0 spiro atoms. The van der Waals surface area contributed by atoms with Crippen LogP contribution in [0.5, 0.6) is 5.75 Å². The van der Waals surface area contributed by atoms with Crippen LogP contribution in [0.15, 0.2) is 24.3 Å². The third kappa shape index (κ3) is 2.78. The molecule has 1 aromatic rings. The van der Waals surface area contributed by atoms with Gasteiger partial charge in [-0.05, 0) is 31.2 Å². The van der Waals surface area contributed by atoms with Gasteiger partial charge in [0.05, 0.1) is 0 Å². The molecule has 0 aromatic heterocycles. The second kappa shape index (κ2) is 4.21. The van der Waals surface area contributed by atoms with Gasteiger partial charge in [-0.15, -0.1) is 0 Å². The minimum absolute atomic E-state index is 0.717. The summed E-state index contributed by atoms with van der Waals surface area (Å²) in [7, 11) is 0. The van der Waals surface area contributed by atoms with Gasteiger partial charge < -0.3 is 4.84 Å². The molecule has 2 nitrogen and oxygen atoms in total. The first-order valence-electron chi connectivity index (χ1n) is 3.48. The molecule has 0 unspecified atom stereocenters. The smallest absolute Gasteiger partial charge is 0.147 e. The molecule has 0 atom stereocenters. The molecule has 0 fully saturated rings. The second-order valence-corrected chi connectivity index (χ2v) is 2.49. The van der Waals surface area contributed by atoms with Crippen molar-refractivity contribution in [2.24, 2.45) is 0 Å². The standard InChI is InChI=1S/C8H10ClNO/c1-2-10-11-8-5-3-7(9)4-6-8/h3-6,10H,2H2,1H3. The van der Waals surface area contributed by atoms with E-state index in [2.05, 4.69) is 5.48 Å². The van der Waals surface area contributed by atoms with Crippen LogP contribution in [0.3, 0.4) is 0 Å². The van der Waals surface area contributed by atoms with E-state index in [0.29, 0.717) is 5.02 Å². The molecule has 0 aliphatic rings. The van der Waals surface area contributed by atoms with Crippen LogP contribution < -0.4 is 10.3 Å². The maximum atomic E-state index is 5.67. The van der Waals surface area contributed by atoms with E-state index >= 15 is 0 Å². The van der Waals surface area contributed by atoms with Crippen LogP contribution in [0.2, 0.25) is 5.02 Å². The fraction of sp³-hybridized carbons (Fsp3) is 0.250. The van der Waals surface area contributed by atoms with Crippen molar-refractivity contribution in [3.63, 3.8) is 0 Å². The summed E-state index contributed by atoms with van der Waals surface area (Å²) < 4.78 is 0. The number of hydrogen-bond acceptors (Lipinski definition) is 2. The number of hydrogen-bond donors (Lipinski definition) is 1. The fourth-order valence-electron chi connectivity index (χ4n) is 0.658. The van der Waals surface area contributed by atoms with Gasteiger partial charge in [-0.25, -0.2) is 0 Å². The van der Waals surface area contributed by atoms with Gasteiger partial charge in [-0.1, -0.05) is 11.6 Å². The van der Waals surface area contributed by atoms with E-state index < -0.39 is 0 Å². The molecule has 1 aromatic carbocycles. The molecule has 1 rings (SSSR count). The second-order valence-electron chi connectivity index (χ2n) is 2.05. The molecule has 0 aliphatic carbocycles. The zero-order chi connectivity index (χ0) is 8.10. The van der Waals surface area contributed by atoms with Gasteiger partial charge in [0.1, 0.15) is 5.75 Å². The Hall–Kier alpha value is -0.730. The Labute approximate surface area is 71.1 Å². The van der Waals surface area contributed by atoms with Gasteiger partial charge in [0, 0.05) is 11.6 Å². The van der Waals surface area contributed by atoms with E-state index in [1.54, 1.807) is 12.1 Å². The quantitative estimate of drug-likeness (QED) is 0.705. The third-order valence-corrected chi connectivity index (χ3v) is 1.40. The lowest BCUT2D eigenvalue weighted by molar-refractivity contribution is 0.202. The Morgan fingerprint density at radius 2 is 2.00 bits per heavy atom. The summed E-state index contributed by atoms with van der Waals surface area (Å²) >= 11 is 5.67. The lowest BCUT2D eigenvalue weighted by Crippen LogP contribution is -2.16. The van der Waals surface area contributed by atoms with Crippen molar-refractivity contribution < 1.29 is 4.84 Å². The van der Waals surface area contributed by atoms with E-state index in [9.17, 15) is 0 Å². The Kier molecular flexibility index (Phi) is 3.20. The highest BCUT2D eigenvalue weighted by atomic mass is 35.5. The highest BCUT2D eigenvalue weighted by Crippen LogP contribution is 2.14. The first kappa shape index (κ1) is 8.37. The molecule has 0 bridgehead atoms. The van der Waals surface area contributed by atoms with Gasteiger partial charge >= 0.3 is 0 Å². The maximum Gasteiger partial charge on any atom is 0.147 e. The van der Waals surface area contributed by atoms with Crippen LogP contribution in [0.25, 0.3) is 0 Å². The van der Waals surface area contributed by atoms with E-state index in [4.69, 9.17) is 16.4 Å². The average molecular weight is 172 g/mol. The molecule has 0 saturated heterocycles. The molecule has 0 aliphatic heterocycles. The summed E-state index contributed by atoms with van der Waals surface area (Å²) in [4.78, 5) is 5.10. The maximum absolute atomic E-state index is 5.67. The molecule has 0 radical (unpaired) electrons. The average Bonchev–Trinajstić information content (AvgIpc) is 2.04. The molecule has 0 amide bonds. The molecule has 60 valence electrons. The number of hydroxylamine groups is 1. The molecular weight excluding hydrogens is 162 g/mol. The number of rotatable bonds is 3. The van der Waals surface area contributed by atoms with E-state index in [-0.39, 0.29) is 0 Å². The Bertz CT molecular complexity index is 210. The van der Waals surface area contributed by atoms with E-state index in [1.165, 1.54) is 0 Å². The van der Waals surface area contributed by atoms with Gasteiger partial charge in [0.2, 0.25) is 0 Å². The van der Waals surface area contributed by atoms with Gasteiger partial charge in [-0.3, -0.25) is 0 Å². The summed E-state index contributed by atoms with van der Waals surface area (Å²) in [6.07, 6.45) is 0. The van der Waals surface area contributed by atoms with Crippen LogP contribution >= 0.6 is 11.6 Å². The molecule has 1 N–H and O–H groups in total. The molecule has 0 heterocycles. The Balaban J connectivity index is 2.52. The SMILES string of the molecule is CCNOc1ccc(Cl)cc1. The van der Waals surface area contributed by atoms with Crippen LogP contribution in [0.1, 0.15) is 6.92 Å². The molecular formula is C8H10ClNO. The molecule has 3 heteroatoms. The normalized spacial score (nSPS) is 9.64. The number of halogens is 1. The van der Waals surface area contributed by atoms with E-state index in [1.807, 2.05) is 19.1 Å². The van der Waals surface area contributed by atoms with Crippen LogP contribution in [-0.4, -0.2) is 6.54 Å². The first-order valence-corrected chi connectivity index (χ1v) is 3.86. The highest BCUT2D eigenvalue weighted by Gasteiger charge is 1.90. The number of nitrogens with one attached hydrogen (secondary N) is 1. The van der Waals surface area contributed by atoms with Crippen LogP contribution in [0.4, 0.5) is 0 Å². The lowest BCUT2D eigenvalue weighted by Gasteiger charge is -2.03. The van der Waals surface area contributed by atoms with Crippen LogP contribution in [-0.2, 0) is 0 Å². The fourth-order valence-corrected chi connectivity index (χ4v) is 0.784. The highest BCUT2D eigenvalue weighted by molar-refractivity contribution is 6.30. The van der Waals surface area contributed by atoms with Gasteiger partial charge in [-0.2, -0.15) is 5.48 Å². The zero-order valence-electron chi connectivity index (χ0n) is 6.30. The molecule has 11 heavy (non-hydrogen) atoms. The van der Waals surface area contributed by atoms with Crippen molar-refractivity contribution in [1.82, 2.24) is 5.48 Å².